The first-order valence-corrected chi connectivity index (χ1v) is 8.53. The molecule has 2 aliphatic heterocycles. The number of rotatable bonds is 3. The first-order chi connectivity index (χ1) is 10.1. The summed E-state index contributed by atoms with van der Waals surface area (Å²) in [4.78, 5) is 0.276. The van der Waals surface area contributed by atoms with Gasteiger partial charge in [0.15, 0.2) is 0 Å². The zero-order valence-corrected chi connectivity index (χ0v) is 12.9. The molecule has 0 atom stereocenters. The first-order valence-electron chi connectivity index (χ1n) is 7.09. The van der Waals surface area contributed by atoms with E-state index < -0.39 is 10.0 Å². The maximum absolute atomic E-state index is 12.7. The highest BCUT2D eigenvalue weighted by atomic mass is 32.2. The third-order valence-electron chi connectivity index (χ3n) is 4.14. The lowest BCUT2D eigenvalue weighted by molar-refractivity contribution is -0.0445. The Kier molecular flexibility index (Phi) is 3.92. The third-order valence-corrected chi connectivity index (χ3v) is 6.03. The average Bonchev–Trinajstić information content (AvgIpc) is 2.96. The molecule has 0 bridgehead atoms. The van der Waals surface area contributed by atoms with Gasteiger partial charge < -0.3 is 9.47 Å². The van der Waals surface area contributed by atoms with Gasteiger partial charge in [-0.05, 0) is 12.1 Å². The molecule has 0 amide bonds. The summed E-state index contributed by atoms with van der Waals surface area (Å²) in [5.74, 6) is 0.547. The summed E-state index contributed by atoms with van der Waals surface area (Å²) in [5.41, 5.74) is -0.319. The molecule has 1 N–H and O–H groups in total. The number of methoxy groups -OCH3 is 1. The number of nitrogens with one attached hydrogen (secondary N) is 1. The van der Waals surface area contributed by atoms with Gasteiger partial charge in [0.05, 0.1) is 18.6 Å². The van der Waals surface area contributed by atoms with Crippen molar-refractivity contribution in [3.05, 3.63) is 24.3 Å². The molecule has 0 saturated carbocycles. The van der Waals surface area contributed by atoms with Gasteiger partial charge in [0, 0.05) is 38.5 Å². The fraction of sp³-hybridized carbons (Fsp3) is 0.571. The molecule has 1 spiro atoms. The maximum atomic E-state index is 12.7. The van der Waals surface area contributed by atoms with Gasteiger partial charge in [-0.1, -0.05) is 6.07 Å². The molecular weight excluding hydrogens is 292 g/mol. The predicted molar refractivity (Wildman–Crippen MR) is 77.7 cm³/mol. The van der Waals surface area contributed by atoms with Crippen molar-refractivity contribution in [2.75, 3.05) is 33.4 Å². The van der Waals surface area contributed by atoms with E-state index in [9.17, 15) is 8.42 Å². The van der Waals surface area contributed by atoms with Crippen molar-refractivity contribution in [2.45, 2.75) is 23.5 Å². The fourth-order valence-electron chi connectivity index (χ4n) is 2.90. The van der Waals surface area contributed by atoms with Crippen LogP contribution in [-0.2, 0) is 14.8 Å². The van der Waals surface area contributed by atoms with E-state index in [1.54, 1.807) is 24.3 Å². The van der Waals surface area contributed by atoms with E-state index in [0.29, 0.717) is 38.3 Å². The van der Waals surface area contributed by atoms with Gasteiger partial charge in [0.1, 0.15) is 11.5 Å². The molecule has 21 heavy (non-hydrogen) atoms. The molecular formula is C14H20N2O4S. The normalized spacial score (nSPS) is 22.5. The highest BCUT2D eigenvalue weighted by Gasteiger charge is 2.41. The van der Waals surface area contributed by atoms with Crippen molar-refractivity contribution in [1.82, 2.24) is 9.62 Å². The van der Waals surface area contributed by atoms with Crippen molar-refractivity contribution in [3.8, 4) is 5.75 Å². The minimum atomic E-state index is -3.47. The zero-order valence-electron chi connectivity index (χ0n) is 12.0. The Hall–Kier alpha value is -1.15. The van der Waals surface area contributed by atoms with Crippen molar-refractivity contribution < 1.29 is 17.9 Å². The predicted octanol–water partition coefficient (Wildman–Crippen LogP) is 0.796. The van der Waals surface area contributed by atoms with Gasteiger partial charge in [-0.3, -0.25) is 5.32 Å². The zero-order chi connectivity index (χ0) is 14.9. The molecule has 7 heteroatoms. The smallest absolute Gasteiger partial charge is 0.243 e. The number of ether oxygens (including phenoxy) is 2. The minimum absolute atomic E-state index is 0.276. The van der Waals surface area contributed by atoms with Crippen LogP contribution in [0.4, 0.5) is 0 Å². The number of sulfonamides is 1. The molecule has 116 valence electrons. The van der Waals surface area contributed by atoms with Crippen molar-refractivity contribution in [1.29, 1.82) is 0 Å². The summed E-state index contributed by atoms with van der Waals surface area (Å²) in [7, 11) is -1.94. The summed E-state index contributed by atoms with van der Waals surface area (Å²) >= 11 is 0. The highest BCUT2D eigenvalue weighted by Crippen LogP contribution is 2.30. The first kappa shape index (κ1) is 14.8. The lowest BCUT2D eigenvalue weighted by Crippen LogP contribution is -2.52. The van der Waals surface area contributed by atoms with Crippen LogP contribution in [0.2, 0.25) is 0 Å². The monoisotopic (exact) mass is 312 g/mol. The van der Waals surface area contributed by atoms with E-state index in [1.165, 1.54) is 11.4 Å². The topological polar surface area (TPSA) is 67.9 Å². The van der Waals surface area contributed by atoms with Crippen LogP contribution >= 0.6 is 0 Å². The molecule has 2 aliphatic rings. The third kappa shape index (κ3) is 2.78. The molecule has 2 heterocycles. The molecule has 0 aromatic heterocycles. The second-order valence-electron chi connectivity index (χ2n) is 5.35. The van der Waals surface area contributed by atoms with E-state index in [0.717, 1.165) is 6.54 Å². The van der Waals surface area contributed by atoms with Crippen LogP contribution < -0.4 is 10.1 Å². The molecule has 2 saturated heterocycles. The second-order valence-corrected chi connectivity index (χ2v) is 7.29. The summed E-state index contributed by atoms with van der Waals surface area (Å²) < 4.78 is 37.7. The molecule has 1 aromatic carbocycles. The van der Waals surface area contributed by atoms with E-state index in [-0.39, 0.29) is 10.6 Å². The Morgan fingerprint density at radius 1 is 1.33 bits per heavy atom. The number of hydrogen-bond donors (Lipinski definition) is 1. The van der Waals surface area contributed by atoms with Gasteiger partial charge >= 0.3 is 0 Å². The Balaban J connectivity index is 1.76. The summed E-state index contributed by atoms with van der Waals surface area (Å²) in [6.07, 6.45) is 1.35. The average molecular weight is 312 g/mol. The van der Waals surface area contributed by atoms with Gasteiger partial charge in [-0.15, -0.1) is 0 Å². The second kappa shape index (κ2) is 5.57. The van der Waals surface area contributed by atoms with Crippen LogP contribution in [0.5, 0.6) is 5.75 Å². The van der Waals surface area contributed by atoms with Crippen molar-refractivity contribution in [2.24, 2.45) is 0 Å². The number of hydrogen-bond acceptors (Lipinski definition) is 5. The van der Waals surface area contributed by atoms with Gasteiger partial charge in [0.2, 0.25) is 10.0 Å². The Bertz CT molecular complexity index is 601. The van der Waals surface area contributed by atoms with Crippen LogP contribution in [0.15, 0.2) is 29.2 Å². The van der Waals surface area contributed by atoms with Crippen molar-refractivity contribution >= 4 is 10.0 Å². The molecule has 1 aromatic rings. The van der Waals surface area contributed by atoms with Gasteiger partial charge in [0.25, 0.3) is 0 Å². The van der Waals surface area contributed by atoms with Crippen LogP contribution in [0.1, 0.15) is 12.8 Å². The SMILES string of the molecule is COc1cccc(S(=O)(=O)N2CCC3(CC2)NCCO3)c1. The number of nitrogens with zero attached hydrogens (tertiary/aromatic N) is 1. The lowest BCUT2D eigenvalue weighted by atomic mass is 10.0. The van der Waals surface area contributed by atoms with Crippen LogP contribution in [0.25, 0.3) is 0 Å². The molecule has 0 unspecified atom stereocenters. The quantitative estimate of drug-likeness (QED) is 0.894. The van der Waals surface area contributed by atoms with Crippen LogP contribution in [0, 0.1) is 0 Å². The Labute approximate surface area is 125 Å². The number of benzene rings is 1. The molecule has 0 radical (unpaired) electrons. The van der Waals surface area contributed by atoms with E-state index in [4.69, 9.17) is 9.47 Å². The van der Waals surface area contributed by atoms with Gasteiger partial charge in [-0.25, -0.2) is 8.42 Å². The molecule has 6 nitrogen and oxygen atoms in total. The highest BCUT2D eigenvalue weighted by molar-refractivity contribution is 7.89. The summed E-state index contributed by atoms with van der Waals surface area (Å²) in [6.45, 7) is 2.46. The standard InChI is InChI=1S/C14H20N2O4S/c1-19-12-3-2-4-13(11-12)21(17,18)16-8-5-14(6-9-16)15-7-10-20-14/h2-4,11,15H,5-10H2,1H3. The Morgan fingerprint density at radius 2 is 2.10 bits per heavy atom. The molecule has 3 rings (SSSR count). The van der Waals surface area contributed by atoms with Crippen LogP contribution in [0.3, 0.4) is 0 Å². The van der Waals surface area contributed by atoms with E-state index >= 15 is 0 Å². The van der Waals surface area contributed by atoms with E-state index in [2.05, 4.69) is 5.32 Å². The lowest BCUT2D eigenvalue weighted by Gasteiger charge is -2.37. The van der Waals surface area contributed by atoms with Crippen molar-refractivity contribution in [3.63, 3.8) is 0 Å². The Morgan fingerprint density at radius 3 is 2.71 bits per heavy atom. The van der Waals surface area contributed by atoms with Crippen LogP contribution in [-0.4, -0.2) is 51.8 Å². The molecule has 2 fully saturated rings. The summed E-state index contributed by atoms with van der Waals surface area (Å²) in [6, 6.07) is 6.59. The molecule has 0 aliphatic carbocycles. The summed E-state index contributed by atoms with van der Waals surface area (Å²) in [5, 5.41) is 3.34. The van der Waals surface area contributed by atoms with E-state index in [1.807, 2.05) is 0 Å². The number of piperidine rings is 1. The maximum Gasteiger partial charge on any atom is 0.243 e. The van der Waals surface area contributed by atoms with Gasteiger partial charge in [-0.2, -0.15) is 4.31 Å². The fourth-order valence-corrected chi connectivity index (χ4v) is 4.37. The largest absolute Gasteiger partial charge is 0.497 e. The minimum Gasteiger partial charge on any atom is -0.497 e.